The smallest absolute Gasteiger partial charge is 0.0332 e. The molecule has 1 fully saturated rings. The maximum absolute atomic E-state index is 5.93. The summed E-state index contributed by atoms with van der Waals surface area (Å²) >= 11 is 0. The average molecular weight is 180 g/mol. The molecule has 0 aromatic carbocycles. The minimum Gasteiger partial charge on any atom is -0.324 e. The molecule has 3 atom stereocenters. The highest BCUT2D eigenvalue weighted by Gasteiger charge is 2.40. The lowest BCUT2D eigenvalue weighted by molar-refractivity contribution is 0.328. The Labute approximate surface area is 80.6 Å². The van der Waals surface area contributed by atoms with Crippen molar-refractivity contribution in [1.82, 2.24) is 5.32 Å². The topological polar surface area (TPSA) is 38.0 Å². The molecule has 0 saturated carbocycles. The van der Waals surface area contributed by atoms with Gasteiger partial charge in [0, 0.05) is 18.6 Å². The highest BCUT2D eigenvalue weighted by Crippen LogP contribution is 2.38. The summed E-state index contributed by atoms with van der Waals surface area (Å²) in [6, 6.07) is 0.859. The number of nitrogens with one attached hydrogen (secondary N) is 1. The third-order valence-corrected chi connectivity index (χ3v) is 3.20. The van der Waals surface area contributed by atoms with Gasteiger partial charge in [0.2, 0.25) is 0 Å². The first-order chi connectivity index (χ1) is 5.98. The first kappa shape index (κ1) is 9.22. The lowest BCUT2D eigenvalue weighted by Crippen LogP contribution is -2.36. The second kappa shape index (κ2) is 2.82. The standard InChI is InChI=1S/C11H20N2/c1-11(2,3)10-9-5-8(12)4-7(9)6-13-10/h5,7-8,10,13H,4,6,12H2,1-3H3/t7-,8+,10?/m0/s1. The van der Waals surface area contributed by atoms with Gasteiger partial charge in [-0.2, -0.15) is 0 Å². The Kier molecular flexibility index (Phi) is 2.00. The van der Waals surface area contributed by atoms with Gasteiger partial charge in [-0.25, -0.2) is 0 Å². The Bertz CT molecular complexity index is 237. The molecule has 1 unspecified atom stereocenters. The van der Waals surface area contributed by atoms with E-state index in [4.69, 9.17) is 5.73 Å². The number of hydrogen-bond acceptors (Lipinski definition) is 2. The molecule has 0 radical (unpaired) electrons. The Morgan fingerprint density at radius 1 is 1.46 bits per heavy atom. The summed E-state index contributed by atoms with van der Waals surface area (Å²) < 4.78 is 0. The van der Waals surface area contributed by atoms with Crippen molar-refractivity contribution in [3.05, 3.63) is 11.6 Å². The number of rotatable bonds is 0. The van der Waals surface area contributed by atoms with Crippen LogP contribution >= 0.6 is 0 Å². The van der Waals surface area contributed by atoms with Gasteiger partial charge in [-0.05, 0) is 17.8 Å². The van der Waals surface area contributed by atoms with Gasteiger partial charge in [0.25, 0.3) is 0 Å². The van der Waals surface area contributed by atoms with Crippen LogP contribution in [0, 0.1) is 11.3 Å². The van der Waals surface area contributed by atoms with E-state index in [9.17, 15) is 0 Å². The van der Waals surface area contributed by atoms with Crippen molar-refractivity contribution in [2.24, 2.45) is 17.1 Å². The molecule has 0 spiro atoms. The fourth-order valence-corrected chi connectivity index (χ4v) is 2.63. The van der Waals surface area contributed by atoms with E-state index >= 15 is 0 Å². The summed E-state index contributed by atoms with van der Waals surface area (Å²) in [6.07, 6.45) is 3.43. The number of nitrogens with two attached hydrogens (primary N) is 1. The zero-order valence-electron chi connectivity index (χ0n) is 8.80. The van der Waals surface area contributed by atoms with Crippen LogP contribution in [0.3, 0.4) is 0 Å². The van der Waals surface area contributed by atoms with Crippen LogP contribution in [0.2, 0.25) is 0 Å². The van der Waals surface area contributed by atoms with Crippen LogP contribution < -0.4 is 11.1 Å². The van der Waals surface area contributed by atoms with Crippen LogP contribution in [-0.2, 0) is 0 Å². The Morgan fingerprint density at radius 3 is 2.77 bits per heavy atom. The minimum atomic E-state index is 0.312. The van der Waals surface area contributed by atoms with E-state index in [1.165, 1.54) is 0 Å². The molecule has 1 saturated heterocycles. The summed E-state index contributed by atoms with van der Waals surface area (Å²) in [4.78, 5) is 0. The second-order valence-electron chi connectivity index (χ2n) is 5.47. The fraction of sp³-hybridized carbons (Fsp3) is 0.818. The molecule has 1 aliphatic carbocycles. The zero-order valence-corrected chi connectivity index (χ0v) is 8.80. The molecule has 74 valence electrons. The minimum absolute atomic E-state index is 0.312. The van der Waals surface area contributed by atoms with Gasteiger partial charge in [-0.3, -0.25) is 0 Å². The van der Waals surface area contributed by atoms with E-state index < -0.39 is 0 Å². The number of fused-ring (bicyclic) bond motifs is 1. The molecule has 2 nitrogen and oxygen atoms in total. The van der Waals surface area contributed by atoms with E-state index in [-0.39, 0.29) is 0 Å². The van der Waals surface area contributed by atoms with Crippen LogP contribution in [0.1, 0.15) is 27.2 Å². The molecule has 3 N–H and O–H groups in total. The van der Waals surface area contributed by atoms with E-state index in [1.54, 1.807) is 5.57 Å². The summed E-state index contributed by atoms with van der Waals surface area (Å²) in [7, 11) is 0. The van der Waals surface area contributed by atoms with E-state index in [0.29, 0.717) is 17.5 Å². The van der Waals surface area contributed by atoms with Gasteiger partial charge in [0.1, 0.15) is 0 Å². The van der Waals surface area contributed by atoms with Crippen molar-refractivity contribution in [1.29, 1.82) is 0 Å². The van der Waals surface area contributed by atoms with Gasteiger partial charge in [0.05, 0.1) is 0 Å². The maximum Gasteiger partial charge on any atom is 0.0332 e. The highest BCUT2D eigenvalue weighted by molar-refractivity contribution is 5.29. The van der Waals surface area contributed by atoms with Crippen molar-refractivity contribution in [2.75, 3.05) is 6.54 Å². The molecule has 0 bridgehead atoms. The van der Waals surface area contributed by atoms with Crippen LogP contribution in [0.5, 0.6) is 0 Å². The molecule has 2 rings (SSSR count). The van der Waals surface area contributed by atoms with E-state index in [2.05, 4.69) is 32.2 Å². The molecule has 2 heteroatoms. The normalized spacial score (nSPS) is 39.1. The van der Waals surface area contributed by atoms with Gasteiger partial charge < -0.3 is 11.1 Å². The monoisotopic (exact) mass is 180 g/mol. The van der Waals surface area contributed by atoms with Gasteiger partial charge in [0.15, 0.2) is 0 Å². The second-order valence-corrected chi connectivity index (χ2v) is 5.47. The van der Waals surface area contributed by atoms with Crippen molar-refractivity contribution < 1.29 is 0 Å². The van der Waals surface area contributed by atoms with Crippen LogP contribution in [0.25, 0.3) is 0 Å². The van der Waals surface area contributed by atoms with Gasteiger partial charge >= 0.3 is 0 Å². The highest BCUT2D eigenvalue weighted by atomic mass is 15.0. The molecule has 0 aromatic heterocycles. The number of hydrogen-bond donors (Lipinski definition) is 2. The molecular formula is C11H20N2. The molecule has 1 aliphatic heterocycles. The first-order valence-corrected chi connectivity index (χ1v) is 5.19. The predicted molar refractivity (Wildman–Crippen MR) is 55.4 cm³/mol. The van der Waals surface area contributed by atoms with Crippen LogP contribution in [0.4, 0.5) is 0 Å². The van der Waals surface area contributed by atoms with Crippen molar-refractivity contribution in [3.63, 3.8) is 0 Å². The quantitative estimate of drug-likeness (QED) is 0.551. The van der Waals surface area contributed by atoms with E-state index in [1.807, 2.05) is 0 Å². The predicted octanol–water partition coefficient (Wildman–Crippen LogP) is 1.28. The SMILES string of the molecule is CC(C)(C)C1NC[C@@H]2C[C@@H](N)C=C12. The largest absolute Gasteiger partial charge is 0.324 e. The third kappa shape index (κ3) is 1.53. The zero-order chi connectivity index (χ0) is 9.64. The third-order valence-electron chi connectivity index (χ3n) is 3.20. The Balaban J connectivity index is 2.21. The van der Waals surface area contributed by atoms with Crippen molar-refractivity contribution in [3.8, 4) is 0 Å². The maximum atomic E-state index is 5.93. The van der Waals surface area contributed by atoms with Crippen LogP contribution in [0.15, 0.2) is 11.6 Å². The van der Waals surface area contributed by atoms with Crippen LogP contribution in [-0.4, -0.2) is 18.6 Å². The van der Waals surface area contributed by atoms with Gasteiger partial charge in [-0.1, -0.05) is 32.4 Å². The summed E-state index contributed by atoms with van der Waals surface area (Å²) in [5, 5.41) is 3.60. The molecule has 0 aromatic rings. The Morgan fingerprint density at radius 2 is 2.15 bits per heavy atom. The Hall–Kier alpha value is -0.340. The lowest BCUT2D eigenvalue weighted by atomic mass is 9.82. The molecule has 1 heterocycles. The molecular weight excluding hydrogens is 160 g/mol. The molecule has 0 amide bonds. The van der Waals surface area contributed by atoms with E-state index in [0.717, 1.165) is 18.9 Å². The van der Waals surface area contributed by atoms with Crippen molar-refractivity contribution >= 4 is 0 Å². The molecule has 13 heavy (non-hydrogen) atoms. The summed E-state index contributed by atoms with van der Waals surface area (Å²) in [5.41, 5.74) is 7.82. The first-order valence-electron chi connectivity index (χ1n) is 5.19. The summed E-state index contributed by atoms with van der Waals surface area (Å²) in [5.74, 6) is 0.722. The van der Waals surface area contributed by atoms with Crippen molar-refractivity contribution in [2.45, 2.75) is 39.3 Å². The molecule has 2 aliphatic rings. The average Bonchev–Trinajstić information content (AvgIpc) is 2.41. The lowest BCUT2D eigenvalue weighted by Gasteiger charge is -2.28. The van der Waals surface area contributed by atoms with Gasteiger partial charge in [-0.15, -0.1) is 0 Å². The fourth-order valence-electron chi connectivity index (χ4n) is 2.63. The summed E-state index contributed by atoms with van der Waals surface area (Å²) in [6.45, 7) is 7.99.